The van der Waals surface area contributed by atoms with E-state index in [-0.39, 0.29) is 5.41 Å². The van der Waals surface area contributed by atoms with Crippen LogP contribution < -0.4 is 9.47 Å². The van der Waals surface area contributed by atoms with Crippen molar-refractivity contribution in [2.24, 2.45) is 16.3 Å². The molecule has 194 valence electrons. The summed E-state index contributed by atoms with van der Waals surface area (Å²) in [5, 5.41) is 11.7. The lowest BCUT2D eigenvalue weighted by Crippen LogP contribution is -2.26. The van der Waals surface area contributed by atoms with E-state index in [0.717, 1.165) is 39.9 Å². The average molecular weight is 620 g/mol. The van der Waals surface area contributed by atoms with Gasteiger partial charge in [0.1, 0.15) is 17.7 Å². The van der Waals surface area contributed by atoms with Crippen LogP contribution in [0, 0.1) is 22.7 Å². The predicted octanol–water partition coefficient (Wildman–Crippen LogP) is 9.57. The fourth-order valence-electron chi connectivity index (χ4n) is 4.50. The molecule has 4 rings (SSSR count). The molecule has 2 aromatic carbocycles. The minimum Gasteiger partial charge on any atom is -0.490 e. The molecule has 1 atom stereocenters. The Kier molecular flexibility index (Phi) is 8.91. The number of nitriles is 1. The molecule has 1 aliphatic rings. The Morgan fingerprint density at radius 1 is 1.19 bits per heavy atom. The van der Waals surface area contributed by atoms with Crippen LogP contribution in [0.3, 0.4) is 0 Å². The Labute approximate surface area is 241 Å². The molecule has 0 amide bonds. The number of benzene rings is 2. The zero-order valence-electron chi connectivity index (χ0n) is 21.3. The third-order valence-corrected chi connectivity index (χ3v) is 9.10. The van der Waals surface area contributed by atoms with E-state index in [2.05, 4.69) is 42.8 Å². The zero-order chi connectivity index (χ0) is 26.7. The van der Waals surface area contributed by atoms with Crippen molar-refractivity contribution in [2.75, 3.05) is 6.61 Å². The van der Waals surface area contributed by atoms with E-state index in [0.29, 0.717) is 46.2 Å². The molecule has 1 aromatic heterocycles. The normalized spacial score (nSPS) is 15.5. The lowest BCUT2D eigenvalue weighted by atomic mass is 9.72. The van der Waals surface area contributed by atoms with Crippen molar-refractivity contribution >= 4 is 61.7 Å². The van der Waals surface area contributed by atoms with E-state index in [1.807, 2.05) is 25.1 Å². The molecule has 0 saturated heterocycles. The van der Waals surface area contributed by atoms with Crippen LogP contribution >= 0.6 is 50.5 Å². The SMILES string of the molecule is CCOc1cc(C=Nc2sc3c(c2C#N)CC[C@@H](C(C)(C)C)C3)cc(Br)c1OCc1ccc(Cl)c(Cl)c1. The molecular formula is C29H29BrCl2N2O2S. The first-order chi connectivity index (χ1) is 17.6. The second-order valence-corrected chi connectivity index (χ2v) is 12.9. The van der Waals surface area contributed by atoms with E-state index in [4.69, 9.17) is 37.7 Å². The molecule has 0 saturated carbocycles. The number of nitrogens with zero attached hydrogens (tertiary/aromatic N) is 2. The van der Waals surface area contributed by atoms with Crippen molar-refractivity contribution in [3.63, 3.8) is 0 Å². The van der Waals surface area contributed by atoms with Crippen LogP contribution in [-0.4, -0.2) is 12.8 Å². The van der Waals surface area contributed by atoms with E-state index in [1.54, 1.807) is 29.7 Å². The van der Waals surface area contributed by atoms with Gasteiger partial charge in [-0.1, -0.05) is 50.0 Å². The van der Waals surface area contributed by atoms with Crippen LogP contribution in [0.15, 0.2) is 39.8 Å². The highest BCUT2D eigenvalue weighted by atomic mass is 79.9. The number of hydrogen-bond donors (Lipinski definition) is 0. The van der Waals surface area contributed by atoms with Gasteiger partial charge in [0.15, 0.2) is 11.5 Å². The fraction of sp³-hybridized carbons (Fsp3) is 0.379. The van der Waals surface area contributed by atoms with Crippen LogP contribution in [-0.2, 0) is 19.4 Å². The Morgan fingerprint density at radius 3 is 2.65 bits per heavy atom. The minimum absolute atomic E-state index is 0.253. The second-order valence-electron chi connectivity index (χ2n) is 10.2. The van der Waals surface area contributed by atoms with Gasteiger partial charge in [0, 0.05) is 11.1 Å². The summed E-state index contributed by atoms with van der Waals surface area (Å²) in [4.78, 5) is 6.05. The Morgan fingerprint density at radius 2 is 1.97 bits per heavy atom. The molecule has 0 aliphatic heterocycles. The van der Waals surface area contributed by atoms with Gasteiger partial charge in [0.2, 0.25) is 0 Å². The Hall–Kier alpha value is -2.04. The summed E-state index contributed by atoms with van der Waals surface area (Å²) < 4.78 is 12.7. The monoisotopic (exact) mass is 618 g/mol. The first-order valence-corrected chi connectivity index (χ1v) is 14.6. The quantitative estimate of drug-likeness (QED) is 0.247. The molecule has 0 unspecified atom stereocenters. The minimum atomic E-state index is 0.253. The van der Waals surface area contributed by atoms with Gasteiger partial charge in [-0.25, -0.2) is 4.99 Å². The first-order valence-electron chi connectivity index (χ1n) is 12.2. The van der Waals surface area contributed by atoms with Crippen LogP contribution in [0.5, 0.6) is 11.5 Å². The molecule has 0 spiro atoms. The van der Waals surface area contributed by atoms with Gasteiger partial charge in [0.25, 0.3) is 0 Å². The standard InChI is InChI=1S/C29H29BrCl2N2O2S/c1-5-35-25-12-18(10-22(30)27(25)36-16-17-6-9-23(31)24(32)11-17)15-34-28-21(14-33)20-8-7-19(29(2,3)4)13-26(20)37-28/h6,9-12,15,19H,5,7-8,13,16H2,1-4H3/t19-/m1/s1. The van der Waals surface area contributed by atoms with E-state index >= 15 is 0 Å². The van der Waals surface area contributed by atoms with Gasteiger partial charge >= 0.3 is 0 Å². The maximum absolute atomic E-state index is 9.89. The largest absolute Gasteiger partial charge is 0.490 e. The summed E-state index contributed by atoms with van der Waals surface area (Å²) in [6.45, 7) is 9.62. The number of fused-ring (bicyclic) bond motifs is 1. The second kappa shape index (κ2) is 11.8. The van der Waals surface area contributed by atoms with Crippen molar-refractivity contribution in [1.82, 2.24) is 0 Å². The molecular weight excluding hydrogens is 591 g/mol. The van der Waals surface area contributed by atoms with Gasteiger partial charge in [0.05, 0.1) is 26.7 Å². The number of halogens is 3. The summed E-state index contributed by atoms with van der Waals surface area (Å²) in [6, 6.07) is 11.7. The van der Waals surface area contributed by atoms with Crippen LogP contribution in [0.4, 0.5) is 5.00 Å². The van der Waals surface area contributed by atoms with Crippen LogP contribution in [0.2, 0.25) is 10.0 Å². The van der Waals surface area contributed by atoms with Crippen molar-refractivity contribution in [3.05, 3.63) is 72.0 Å². The molecule has 37 heavy (non-hydrogen) atoms. The highest BCUT2D eigenvalue weighted by molar-refractivity contribution is 9.10. The molecule has 0 radical (unpaired) electrons. The molecule has 3 aromatic rings. The average Bonchev–Trinajstić information content (AvgIpc) is 3.20. The number of rotatable bonds is 7. The van der Waals surface area contributed by atoms with E-state index in [1.165, 1.54) is 10.4 Å². The predicted molar refractivity (Wildman–Crippen MR) is 157 cm³/mol. The maximum Gasteiger partial charge on any atom is 0.175 e. The number of ether oxygens (including phenoxy) is 2. The number of thiophene rings is 1. The maximum atomic E-state index is 9.89. The highest BCUT2D eigenvalue weighted by Crippen LogP contribution is 2.45. The van der Waals surface area contributed by atoms with Crippen molar-refractivity contribution in [3.8, 4) is 17.6 Å². The zero-order valence-corrected chi connectivity index (χ0v) is 25.2. The summed E-state index contributed by atoms with van der Waals surface area (Å²) in [5.74, 6) is 1.82. The molecule has 1 aliphatic carbocycles. The van der Waals surface area contributed by atoms with E-state index in [9.17, 15) is 5.26 Å². The van der Waals surface area contributed by atoms with Crippen molar-refractivity contribution in [2.45, 2.75) is 53.6 Å². The number of aliphatic imine (C=N–C) groups is 1. The summed E-state index contributed by atoms with van der Waals surface area (Å²) in [6.07, 6.45) is 4.85. The first kappa shape index (κ1) is 28.0. The molecule has 0 N–H and O–H groups in total. The summed E-state index contributed by atoms with van der Waals surface area (Å²) in [5.41, 5.74) is 3.90. The highest BCUT2D eigenvalue weighted by Gasteiger charge is 2.32. The van der Waals surface area contributed by atoms with Crippen molar-refractivity contribution < 1.29 is 9.47 Å². The van der Waals surface area contributed by atoms with Crippen molar-refractivity contribution in [1.29, 1.82) is 5.26 Å². The summed E-state index contributed by atoms with van der Waals surface area (Å²) in [7, 11) is 0. The Bertz CT molecular complexity index is 1370. The van der Waals surface area contributed by atoms with Gasteiger partial charge in [-0.05, 0) is 94.4 Å². The van der Waals surface area contributed by atoms with Gasteiger partial charge in [-0.3, -0.25) is 0 Å². The topological polar surface area (TPSA) is 54.6 Å². The fourth-order valence-corrected chi connectivity index (χ4v) is 6.62. The molecule has 0 bridgehead atoms. The lowest BCUT2D eigenvalue weighted by Gasteiger charge is -2.33. The van der Waals surface area contributed by atoms with Crippen LogP contribution in [0.25, 0.3) is 0 Å². The lowest BCUT2D eigenvalue weighted by molar-refractivity contribution is 0.218. The Balaban J connectivity index is 1.58. The van der Waals surface area contributed by atoms with Gasteiger partial charge in [-0.2, -0.15) is 5.26 Å². The van der Waals surface area contributed by atoms with Gasteiger partial charge < -0.3 is 9.47 Å². The summed E-state index contributed by atoms with van der Waals surface area (Å²) >= 11 is 17.4. The molecule has 1 heterocycles. The van der Waals surface area contributed by atoms with E-state index < -0.39 is 0 Å². The van der Waals surface area contributed by atoms with Gasteiger partial charge in [-0.15, -0.1) is 11.3 Å². The third-order valence-electron chi connectivity index (χ3n) is 6.61. The molecule has 4 nitrogen and oxygen atoms in total. The van der Waals surface area contributed by atoms with Crippen LogP contribution in [0.1, 0.15) is 61.2 Å². The third kappa shape index (κ3) is 6.52. The smallest absolute Gasteiger partial charge is 0.175 e. The number of hydrogen-bond acceptors (Lipinski definition) is 5. The molecule has 8 heteroatoms. The molecule has 0 fully saturated rings.